The van der Waals surface area contributed by atoms with Crippen LogP contribution in [-0.2, 0) is 9.59 Å². The van der Waals surface area contributed by atoms with Crippen molar-refractivity contribution in [2.45, 2.75) is 0 Å². The Balaban J connectivity index is -0.0000000874. The number of rotatable bonds is 0. The highest BCUT2D eigenvalue weighted by Crippen LogP contribution is 1.80. The van der Waals surface area contributed by atoms with Crippen molar-refractivity contribution >= 4 is 39.2 Å². The molecule has 0 radical (unpaired) electrons. The van der Waals surface area contributed by atoms with Gasteiger partial charge in [0.2, 0.25) is 12.2 Å². The van der Waals surface area contributed by atoms with E-state index in [0.717, 1.165) is 12.2 Å². The molecule has 2 aromatic rings. The van der Waals surface area contributed by atoms with Crippen molar-refractivity contribution < 1.29 is 9.59 Å². The van der Waals surface area contributed by atoms with Gasteiger partial charge in [0.1, 0.15) is 0 Å². The largest absolute Gasteiger partial charge is 0.231 e. The van der Waals surface area contributed by atoms with Crippen LogP contribution in [0, 0.1) is 10.8 Å². The van der Waals surface area contributed by atoms with Crippen molar-refractivity contribution in [3.63, 3.8) is 0 Å². The van der Waals surface area contributed by atoms with E-state index in [9.17, 15) is 0 Å². The molecule has 0 atom stereocenters. The number of hydrogen-bond donors (Lipinski definition) is 2. The van der Waals surface area contributed by atoms with Crippen LogP contribution >= 0.6 is 27.0 Å². The first-order chi connectivity index (χ1) is 8.83. The fourth-order valence-electron chi connectivity index (χ4n) is 0.770. The molecule has 0 aliphatic rings. The van der Waals surface area contributed by atoms with E-state index in [-0.39, 0.29) is 27.0 Å². The molecule has 0 heterocycles. The SMILES string of the molecule is N=C=O.N=C=O.S.S.c1ccccc1.c1ccccc1. The van der Waals surface area contributed by atoms with Crippen LogP contribution in [0.25, 0.3) is 0 Å². The second-order valence-corrected chi connectivity index (χ2v) is 2.51. The minimum Gasteiger partial charge on any atom is -0.222 e. The van der Waals surface area contributed by atoms with Gasteiger partial charge in [0, 0.05) is 0 Å². The Morgan fingerprint density at radius 2 is 0.500 bits per heavy atom. The van der Waals surface area contributed by atoms with Crippen molar-refractivity contribution in [2.24, 2.45) is 0 Å². The molecule has 2 N–H and O–H groups in total. The zero-order valence-electron chi connectivity index (χ0n) is 10.7. The second-order valence-electron chi connectivity index (χ2n) is 2.51. The first-order valence-corrected chi connectivity index (χ1v) is 4.91. The van der Waals surface area contributed by atoms with Crippen LogP contribution in [0.1, 0.15) is 0 Å². The summed E-state index contributed by atoms with van der Waals surface area (Å²) in [5.74, 6) is 0. The van der Waals surface area contributed by atoms with Gasteiger partial charge in [0.05, 0.1) is 0 Å². The minimum absolute atomic E-state index is 0. The molecule has 0 amide bonds. The summed E-state index contributed by atoms with van der Waals surface area (Å²) >= 11 is 0. The van der Waals surface area contributed by atoms with Crippen molar-refractivity contribution in [1.82, 2.24) is 0 Å². The van der Waals surface area contributed by atoms with E-state index >= 15 is 0 Å². The molecule has 4 nitrogen and oxygen atoms in total. The van der Waals surface area contributed by atoms with E-state index in [1.54, 1.807) is 0 Å². The summed E-state index contributed by atoms with van der Waals surface area (Å²) in [4.78, 5) is 16.7. The topological polar surface area (TPSA) is 81.8 Å². The van der Waals surface area contributed by atoms with Crippen molar-refractivity contribution in [2.75, 3.05) is 0 Å². The zero-order valence-corrected chi connectivity index (χ0v) is 12.7. The van der Waals surface area contributed by atoms with Gasteiger partial charge in [-0.3, -0.25) is 0 Å². The Hall–Kier alpha value is -2.10. The molecule has 0 saturated carbocycles. The lowest BCUT2D eigenvalue weighted by molar-refractivity contribution is 0.562. The van der Waals surface area contributed by atoms with Crippen LogP contribution in [0.4, 0.5) is 0 Å². The van der Waals surface area contributed by atoms with Gasteiger partial charge in [0.25, 0.3) is 0 Å². The predicted molar refractivity (Wildman–Crippen MR) is 90.5 cm³/mol. The maximum absolute atomic E-state index is 8.35. The fraction of sp³-hybridized carbons (Fsp3) is 0. The maximum atomic E-state index is 8.35. The lowest BCUT2D eigenvalue weighted by atomic mass is 10.4. The number of hydrogen-bond acceptors (Lipinski definition) is 4. The molecule has 0 saturated heterocycles. The number of benzene rings is 2. The van der Waals surface area contributed by atoms with Crippen LogP contribution in [0.3, 0.4) is 0 Å². The molecule has 0 unspecified atom stereocenters. The van der Waals surface area contributed by atoms with Gasteiger partial charge in [-0.2, -0.15) is 27.0 Å². The van der Waals surface area contributed by atoms with Gasteiger partial charge < -0.3 is 0 Å². The van der Waals surface area contributed by atoms with Crippen LogP contribution in [0.2, 0.25) is 0 Å². The summed E-state index contributed by atoms with van der Waals surface area (Å²) in [6.45, 7) is 0. The second kappa shape index (κ2) is 30.2. The first kappa shape index (κ1) is 26.5. The lowest BCUT2D eigenvalue weighted by Crippen LogP contribution is -1.47. The summed E-state index contributed by atoms with van der Waals surface area (Å²) in [7, 11) is 0. The molecule has 0 bridgehead atoms. The van der Waals surface area contributed by atoms with Crippen molar-refractivity contribution in [3.8, 4) is 0 Å². The average molecular weight is 310 g/mol. The van der Waals surface area contributed by atoms with Gasteiger partial charge in [-0.25, -0.2) is 20.4 Å². The minimum atomic E-state index is 0. The third-order valence-electron chi connectivity index (χ3n) is 1.33. The fourth-order valence-corrected chi connectivity index (χ4v) is 0.770. The Bertz CT molecular complexity index is 331. The highest BCUT2D eigenvalue weighted by atomic mass is 32.1. The molecule has 20 heavy (non-hydrogen) atoms. The lowest BCUT2D eigenvalue weighted by Gasteiger charge is -1.69. The van der Waals surface area contributed by atoms with E-state index in [1.165, 1.54) is 0 Å². The molecule has 0 fully saturated rings. The number of nitrogens with one attached hydrogen (secondary N) is 2. The molecular weight excluding hydrogens is 292 g/mol. The average Bonchev–Trinajstić information content (AvgIpc) is 2.45. The highest BCUT2D eigenvalue weighted by molar-refractivity contribution is 7.59. The normalized spacial score (nSPS) is 5.60. The summed E-state index contributed by atoms with van der Waals surface area (Å²) in [5, 5.41) is 10.8. The number of carbonyl (C=O) groups excluding carboxylic acids is 2. The Labute approximate surface area is 132 Å². The summed E-state index contributed by atoms with van der Waals surface area (Å²) in [6, 6.07) is 24.0. The zero-order chi connectivity index (χ0) is 13.9. The van der Waals surface area contributed by atoms with Crippen molar-refractivity contribution in [3.05, 3.63) is 72.8 Å². The highest BCUT2D eigenvalue weighted by Gasteiger charge is 1.58. The van der Waals surface area contributed by atoms with E-state index in [1.807, 2.05) is 72.8 Å². The maximum Gasteiger partial charge on any atom is 0.231 e. The Morgan fingerprint density at radius 1 is 0.450 bits per heavy atom. The van der Waals surface area contributed by atoms with Gasteiger partial charge in [0.15, 0.2) is 0 Å². The molecular formula is C14H18N2O2S2. The summed E-state index contributed by atoms with van der Waals surface area (Å²) in [5.41, 5.74) is 0. The summed E-state index contributed by atoms with van der Waals surface area (Å²) < 4.78 is 0. The molecule has 0 spiro atoms. The van der Waals surface area contributed by atoms with Crippen LogP contribution in [0.15, 0.2) is 72.8 Å². The van der Waals surface area contributed by atoms with Crippen molar-refractivity contribution in [1.29, 1.82) is 10.8 Å². The van der Waals surface area contributed by atoms with Crippen LogP contribution in [0.5, 0.6) is 0 Å². The Kier molecular flexibility index (Phi) is 39.9. The quantitative estimate of drug-likeness (QED) is 0.577. The monoisotopic (exact) mass is 310 g/mol. The van der Waals surface area contributed by atoms with E-state index in [0.29, 0.717) is 0 Å². The van der Waals surface area contributed by atoms with E-state index in [4.69, 9.17) is 20.4 Å². The molecule has 2 aromatic carbocycles. The van der Waals surface area contributed by atoms with E-state index in [2.05, 4.69) is 0 Å². The third kappa shape index (κ3) is 36.0. The predicted octanol–water partition coefficient (Wildman–Crippen LogP) is 3.40. The van der Waals surface area contributed by atoms with Gasteiger partial charge >= 0.3 is 0 Å². The molecule has 6 heteroatoms. The summed E-state index contributed by atoms with van der Waals surface area (Å²) in [6.07, 6.45) is 1.50. The van der Waals surface area contributed by atoms with Gasteiger partial charge in [-0.1, -0.05) is 72.8 Å². The molecule has 0 aromatic heterocycles. The molecule has 108 valence electrons. The van der Waals surface area contributed by atoms with Gasteiger partial charge in [-0.05, 0) is 0 Å². The van der Waals surface area contributed by atoms with Gasteiger partial charge in [-0.15, -0.1) is 0 Å². The van der Waals surface area contributed by atoms with Crippen LogP contribution < -0.4 is 0 Å². The molecule has 2 rings (SSSR count). The third-order valence-corrected chi connectivity index (χ3v) is 1.33. The Morgan fingerprint density at radius 3 is 0.550 bits per heavy atom. The smallest absolute Gasteiger partial charge is 0.222 e. The van der Waals surface area contributed by atoms with Crippen LogP contribution in [-0.4, -0.2) is 12.2 Å². The molecule has 0 aliphatic carbocycles. The first-order valence-electron chi connectivity index (χ1n) is 4.91. The molecule has 0 aliphatic heterocycles. The van der Waals surface area contributed by atoms with E-state index < -0.39 is 0 Å². The standard InChI is InChI=1S/2C6H6.2CHNO.2H2S/c2*1-2-4-6-5-3-1;2*2-1-3;;/h2*1-6H;2*2H;2*1H2. The number of isocyanates is 2.